The highest BCUT2D eigenvalue weighted by Gasteiger charge is 2.25. The number of carbonyl (C=O) groups is 2. The molecule has 0 saturated heterocycles. The molecule has 1 aromatic rings. The summed E-state index contributed by atoms with van der Waals surface area (Å²) in [6.07, 6.45) is -0.608. The van der Waals surface area contributed by atoms with Crippen LogP contribution in [0.5, 0.6) is 5.75 Å². The summed E-state index contributed by atoms with van der Waals surface area (Å²) < 4.78 is 10.2. The first kappa shape index (κ1) is 19.6. The van der Waals surface area contributed by atoms with Crippen LogP contribution in [0.1, 0.15) is 27.2 Å². The maximum absolute atomic E-state index is 12.5. The van der Waals surface area contributed by atoms with Crippen LogP contribution in [0.25, 0.3) is 0 Å². The molecule has 0 heterocycles. The highest BCUT2D eigenvalue weighted by molar-refractivity contribution is 6.35. The predicted octanol–water partition coefficient (Wildman–Crippen LogP) is 3.56. The van der Waals surface area contributed by atoms with Gasteiger partial charge in [-0.25, -0.2) is 0 Å². The number of methoxy groups -OCH3 is 1. The minimum atomic E-state index is -0.742. The zero-order chi connectivity index (χ0) is 17.6. The number of amides is 1. The summed E-state index contributed by atoms with van der Waals surface area (Å²) in [7, 11) is 1.32. The van der Waals surface area contributed by atoms with Crippen molar-refractivity contribution >= 4 is 35.1 Å². The molecule has 1 rings (SSSR count). The van der Waals surface area contributed by atoms with Crippen LogP contribution in [0.15, 0.2) is 18.2 Å². The lowest BCUT2D eigenvalue weighted by Crippen LogP contribution is -2.45. The number of benzene rings is 1. The van der Waals surface area contributed by atoms with Crippen LogP contribution in [0.3, 0.4) is 0 Å². The first-order valence-corrected chi connectivity index (χ1v) is 8.00. The molecule has 23 heavy (non-hydrogen) atoms. The van der Waals surface area contributed by atoms with E-state index < -0.39 is 6.10 Å². The zero-order valence-electron chi connectivity index (χ0n) is 13.6. The largest absolute Gasteiger partial charge is 0.479 e. The van der Waals surface area contributed by atoms with Crippen molar-refractivity contribution < 1.29 is 19.1 Å². The second kappa shape index (κ2) is 8.99. The second-order valence-electron chi connectivity index (χ2n) is 5.29. The van der Waals surface area contributed by atoms with E-state index >= 15 is 0 Å². The Balaban J connectivity index is 2.76. The third-order valence-corrected chi connectivity index (χ3v) is 3.77. The number of carbonyl (C=O) groups excluding carboxylic acids is 2. The Labute approximate surface area is 146 Å². The van der Waals surface area contributed by atoms with Crippen LogP contribution < -0.4 is 4.74 Å². The fourth-order valence-electron chi connectivity index (χ4n) is 1.98. The average Bonchev–Trinajstić information content (AvgIpc) is 2.49. The zero-order valence-corrected chi connectivity index (χ0v) is 15.1. The fraction of sp³-hybridized carbons (Fsp3) is 0.500. The molecular formula is C16H21Cl2NO4. The topological polar surface area (TPSA) is 55.8 Å². The van der Waals surface area contributed by atoms with Gasteiger partial charge in [-0.05, 0) is 39.0 Å². The van der Waals surface area contributed by atoms with E-state index in [1.54, 1.807) is 30.0 Å². The van der Waals surface area contributed by atoms with Gasteiger partial charge in [-0.2, -0.15) is 0 Å². The Kier molecular flexibility index (Phi) is 7.65. The number of halogens is 2. The highest BCUT2D eigenvalue weighted by atomic mass is 35.5. The van der Waals surface area contributed by atoms with Gasteiger partial charge in [0.25, 0.3) is 5.91 Å². The summed E-state index contributed by atoms with van der Waals surface area (Å²) in [6.45, 7) is 5.65. The first-order chi connectivity index (χ1) is 10.8. The fourth-order valence-corrected chi connectivity index (χ4v) is 2.43. The lowest BCUT2D eigenvalue weighted by Gasteiger charge is -2.29. The van der Waals surface area contributed by atoms with Gasteiger partial charge in [0.05, 0.1) is 18.6 Å². The molecule has 1 unspecified atom stereocenters. The van der Waals surface area contributed by atoms with Crippen LogP contribution in [0.2, 0.25) is 10.0 Å². The van der Waals surface area contributed by atoms with E-state index in [-0.39, 0.29) is 30.9 Å². The summed E-state index contributed by atoms with van der Waals surface area (Å²) in [5.74, 6) is -0.207. The van der Waals surface area contributed by atoms with Gasteiger partial charge in [0, 0.05) is 17.6 Å². The lowest BCUT2D eigenvalue weighted by molar-refractivity contribution is -0.144. The summed E-state index contributed by atoms with van der Waals surface area (Å²) >= 11 is 11.9. The van der Waals surface area contributed by atoms with E-state index in [9.17, 15) is 9.59 Å². The van der Waals surface area contributed by atoms with Gasteiger partial charge < -0.3 is 14.4 Å². The monoisotopic (exact) mass is 361 g/mol. The average molecular weight is 362 g/mol. The van der Waals surface area contributed by atoms with Gasteiger partial charge in [0.1, 0.15) is 5.75 Å². The molecule has 1 amide bonds. The van der Waals surface area contributed by atoms with Crippen molar-refractivity contribution in [1.29, 1.82) is 0 Å². The molecule has 0 aromatic heterocycles. The molecule has 1 atom stereocenters. The molecule has 0 N–H and O–H groups in total. The number of hydrogen-bond donors (Lipinski definition) is 0. The molecule has 0 fully saturated rings. The van der Waals surface area contributed by atoms with Gasteiger partial charge in [0.2, 0.25) is 0 Å². The van der Waals surface area contributed by atoms with Crippen LogP contribution >= 0.6 is 23.2 Å². The second-order valence-corrected chi connectivity index (χ2v) is 6.13. The minimum absolute atomic E-state index is 0.0705. The Morgan fingerprint density at radius 1 is 1.22 bits per heavy atom. The molecular weight excluding hydrogens is 341 g/mol. The molecule has 0 aliphatic heterocycles. The molecule has 1 aromatic carbocycles. The molecule has 0 radical (unpaired) electrons. The molecule has 0 aliphatic rings. The van der Waals surface area contributed by atoms with Crippen LogP contribution in [-0.2, 0) is 14.3 Å². The molecule has 5 nitrogen and oxygen atoms in total. The minimum Gasteiger partial charge on any atom is -0.479 e. The molecule has 0 bridgehead atoms. The SMILES string of the molecule is COC(=O)CCN(C(=O)C(C)Oc1ccc(Cl)cc1Cl)C(C)C. The third kappa shape index (κ3) is 5.92. The summed E-state index contributed by atoms with van der Waals surface area (Å²) in [5, 5.41) is 0.825. The third-order valence-electron chi connectivity index (χ3n) is 3.24. The van der Waals surface area contributed by atoms with E-state index in [1.165, 1.54) is 7.11 Å². The number of rotatable bonds is 7. The van der Waals surface area contributed by atoms with Gasteiger partial charge in [-0.1, -0.05) is 23.2 Å². The van der Waals surface area contributed by atoms with Gasteiger partial charge >= 0.3 is 5.97 Å². The molecule has 0 spiro atoms. The van der Waals surface area contributed by atoms with Crippen LogP contribution in [0, 0.1) is 0 Å². The smallest absolute Gasteiger partial charge is 0.307 e. The first-order valence-electron chi connectivity index (χ1n) is 7.25. The van der Waals surface area contributed by atoms with E-state index in [0.717, 1.165) is 0 Å². The Hall–Kier alpha value is -1.46. The van der Waals surface area contributed by atoms with Crippen molar-refractivity contribution in [3.05, 3.63) is 28.2 Å². The van der Waals surface area contributed by atoms with E-state index in [1.807, 2.05) is 13.8 Å². The summed E-state index contributed by atoms with van der Waals surface area (Å²) in [6, 6.07) is 4.73. The van der Waals surface area contributed by atoms with Crippen molar-refractivity contribution in [3.63, 3.8) is 0 Å². The number of ether oxygens (including phenoxy) is 2. The Morgan fingerprint density at radius 3 is 2.39 bits per heavy atom. The van der Waals surface area contributed by atoms with Crippen molar-refractivity contribution in [3.8, 4) is 5.75 Å². The van der Waals surface area contributed by atoms with Crippen LogP contribution in [-0.4, -0.2) is 42.6 Å². The van der Waals surface area contributed by atoms with Crippen molar-refractivity contribution in [2.45, 2.75) is 39.3 Å². The highest BCUT2D eigenvalue weighted by Crippen LogP contribution is 2.28. The Bertz CT molecular complexity index is 563. The van der Waals surface area contributed by atoms with Gasteiger partial charge in [0.15, 0.2) is 6.10 Å². The van der Waals surface area contributed by atoms with Gasteiger partial charge in [-0.3, -0.25) is 9.59 Å². The number of esters is 1. The number of nitrogens with zero attached hydrogens (tertiary/aromatic N) is 1. The molecule has 128 valence electrons. The molecule has 0 aliphatic carbocycles. The predicted molar refractivity (Wildman–Crippen MR) is 90.0 cm³/mol. The number of hydrogen-bond acceptors (Lipinski definition) is 4. The van der Waals surface area contributed by atoms with Crippen LogP contribution in [0.4, 0.5) is 0 Å². The summed E-state index contributed by atoms with van der Waals surface area (Å²) in [5.41, 5.74) is 0. The maximum atomic E-state index is 12.5. The van der Waals surface area contributed by atoms with Crippen molar-refractivity contribution in [2.75, 3.05) is 13.7 Å². The molecule has 0 saturated carbocycles. The van der Waals surface area contributed by atoms with E-state index in [4.69, 9.17) is 27.9 Å². The molecule has 7 heteroatoms. The quantitative estimate of drug-likeness (QED) is 0.696. The normalized spacial score (nSPS) is 12.0. The van der Waals surface area contributed by atoms with E-state index in [0.29, 0.717) is 15.8 Å². The maximum Gasteiger partial charge on any atom is 0.307 e. The van der Waals surface area contributed by atoms with E-state index in [2.05, 4.69) is 4.74 Å². The Morgan fingerprint density at radius 2 is 1.87 bits per heavy atom. The lowest BCUT2D eigenvalue weighted by atomic mass is 10.2. The van der Waals surface area contributed by atoms with Crippen molar-refractivity contribution in [1.82, 2.24) is 4.90 Å². The standard InChI is InChI=1S/C16H21Cl2NO4/c1-10(2)19(8-7-15(20)22-4)16(21)11(3)23-14-6-5-12(17)9-13(14)18/h5-6,9-11H,7-8H2,1-4H3. The summed E-state index contributed by atoms with van der Waals surface area (Å²) in [4.78, 5) is 25.4. The van der Waals surface area contributed by atoms with Gasteiger partial charge in [-0.15, -0.1) is 0 Å². The van der Waals surface area contributed by atoms with Crippen molar-refractivity contribution in [2.24, 2.45) is 0 Å².